The van der Waals surface area contributed by atoms with Gasteiger partial charge in [0.05, 0.1) is 7.11 Å². The minimum absolute atomic E-state index is 0.00765. The third-order valence-electron chi connectivity index (χ3n) is 5.39. The number of amides is 2. The van der Waals surface area contributed by atoms with Crippen molar-refractivity contribution in [2.45, 2.75) is 26.3 Å². The van der Waals surface area contributed by atoms with Gasteiger partial charge in [-0.25, -0.2) is 0 Å². The van der Waals surface area contributed by atoms with Gasteiger partial charge in [0.25, 0.3) is 11.8 Å². The van der Waals surface area contributed by atoms with Crippen molar-refractivity contribution in [1.82, 2.24) is 10.2 Å². The van der Waals surface area contributed by atoms with Crippen LogP contribution in [0.15, 0.2) is 48.5 Å². The standard InChI is InChI=1S/C23H29N3O3/c1-4-17(2)24-22(27)18-5-7-19(8-6-18)23(28)26-15-13-25(14-16-26)20-9-11-21(29-3)12-10-20/h5-12,17H,4,13-16H2,1-3H3,(H,24,27). The van der Waals surface area contributed by atoms with Crippen LogP contribution in [-0.4, -0.2) is 56.0 Å². The summed E-state index contributed by atoms with van der Waals surface area (Å²) in [5.41, 5.74) is 2.32. The van der Waals surface area contributed by atoms with E-state index in [4.69, 9.17) is 4.74 Å². The zero-order chi connectivity index (χ0) is 20.8. The van der Waals surface area contributed by atoms with E-state index in [0.717, 1.165) is 30.9 Å². The summed E-state index contributed by atoms with van der Waals surface area (Å²) in [6.45, 7) is 6.91. The quantitative estimate of drug-likeness (QED) is 0.816. The Morgan fingerprint density at radius 3 is 2.10 bits per heavy atom. The Hall–Kier alpha value is -3.02. The predicted molar refractivity (Wildman–Crippen MR) is 115 cm³/mol. The molecule has 2 aromatic carbocycles. The number of rotatable bonds is 6. The predicted octanol–water partition coefficient (Wildman–Crippen LogP) is 3.19. The Bertz CT molecular complexity index is 825. The molecule has 0 bridgehead atoms. The fourth-order valence-electron chi connectivity index (χ4n) is 3.32. The molecule has 154 valence electrons. The highest BCUT2D eigenvalue weighted by molar-refractivity contribution is 5.98. The van der Waals surface area contributed by atoms with Gasteiger partial charge in [-0.3, -0.25) is 9.59 Å². The summed E-state index contributed by atoms with van der Waals surface area (Å²) < 4.78 is 5.21. The van der Waals surface area contributed by atoms with Gasteiger partial charge >= 0.3 is 0 Å². The number of anilines is 1. The summed E-state index contributed by atoms with van der Waals surface area (Å²) in [5.74, 6) is 0.739. The minimum Gasteiger partial charge on any atom is -0.497 e. The average molecular weight is 396 g/mol. The summed E-state index contributed by atoms with van der Waals surface area (Å²) in [6.07, 6.45) is 0.880. The van der Waals surface area contributed by atoms with E-state index in [9.17, 15) is 9.59 Å². The molecule has 1 saturated heterocycles. The number of nitrogens with one attached hydrogen (secondary N) is 1. The largest absolute Gasteiger partial charge is 0.497 e. The van der Waals surface area contributed by atoms with Gasteiger partial charge in [0, 0.05) is 49.0 Å². The molecule has 6 nitrogen and oxygen atoms in total. The number of ether oxygens (including phenoxy) is 1. The Labute approximate surface area is 172 Å². The van der Waals surface area contributed by atoms with Crippen molar-refractivity contribution < 1.29 is 14.3 Å². The van der Waals surface area contributed by atoms with Gasteiger partial charge in [-0.2, -0.15) is 0 Å². The monoisotopic (exact) mass is 395 g/mol. The molecular formula is C23H29N3O3. The number of hydrogen-bond acceptors (Lipinski definition) is 4. The van der Waals surface area contributed by atoms with E-state index in [-0.39, 0.29) is 17.9 Å². The van der Waals surface area contributed by atoms with Crippen LogP contribution in [0.2, 0.25) is 0 Å². The number of carbonyl (C=O) groups is 2. The molecule has 3 rings (SSSR count). The van der Waals surface area contributed by atoms with Crippen molar-refractivity contribution in [3.8, 4) is 5.75 Å². The molecule has 0 spiro atoms. The number of methoxy groups -OCH3 is 1. The normalized spacial score (nSPS) is 15.0. The Morgan fingerprint density at radius 1 is 0.966 bits per heavy atom. The van der Waals surface area contributed by atoms with Crippen molar-refractivity contribution in [2.75, 3.05) is 38.2 Å². The molecule has 1 N–H and O–H groups in total. The molecule has 1 unspecified atom stereocenters. The summed E-state index contributed by atoms with van der Waals surface area (Å²) in [6, 6.07) is 15.0. The van der Waals surface area contributed by atoms with Crippen LogP contribution in [0, 0.1) is 0 Å². The number of hydrogen-bond donors (Lipinski definition) is 1. The van der Waals surface area contributed by atoms with E-state index in [1.807, 2.05) is 43.0 Å². The lowest BCUT2D eigenvalue weighted by atomic mass is 10.1. The Morgan fingerprint density at radius 2 is 1.55 bits per heavy atom. The minimum atomic E-state index is -0.105. The van der Waals surface area contributed by atoms with E-state index in [0.29, 0.717) is 24.2 Å². The molecule has 0 aliphatic carbocycles. The maximum atomic E-state index is 12.8. The molecule has 0 radical (unpaired) electrons. The fourth-order valence-corrected chi connectivity index (χ4v) is 3.32. The smallest absolute Gasteiger partial charge is 0.253 e. The molecule has 1 aliphatic rings. The van der Waals surface area contributed by atoms with Crippen molar-refractivity contribution in [3.63, 3.8) is 0 Å². The maximum Gasteiger partial charge on any atom is 0.253 e. The zero-order valence-corrected chi connectivity index (χ0v) is 17.4. The molecule has 6 heteroatoms. The zero-order valence-electron chi connectivity index (χ0n) is 17.4. The molecule has 0 saturated carbocycles. The van der Waals surface area contributed by atoms with Crippen LogP contribution in [-0.2, 0) is 0 Å². The second kappa shape index (κ2) is 9.45. The molecule has 2 aromatic rings. The molecule has 2 amide bonds. The first kappa shape index (κ1) is 20.7. The summed E-state index contributed by atoms with van der Waals surface area (Å²) in [4.78, 5) is 29.1. The molecule has 1 fully saturated rings. The molecule has 1 heterocycles. The van der Waals surface area contributed by atoms with E-state index < -0.39 is 0 Å². The van der Waals surface area contributed by atoms with Crippen molar-refractivity contribution in [2.24, 2.45) is 0 Å². The van der Waals surface area contributed by atoms with E-state index in [2.05, 4.69) is 10.2 Å². The highest BCUT2D eigenvalue weighted by Gasteiger charge is 2.22. The lowest BCUT2D eigenvalue weighted by Crippen LogP contribution is -2.48. The summed E-state index contributed by atoms with van der Waals surface area (Å²) >= 11 is 0. The second-order valence-corrected chi connectivity index (χ2v) is 7.34. The Balaban J connectivity index is 1.56. The van der Waals surface area contributed by atoms with E-state index in [1.165, 1.54) is 0 Å². The highest BCUT2D eigenvalue weighted by atomic mass is 16.5. The van der Waals surface area contributed by atoms with Gasteiger partial charge in [0.2, 0.25) is 0 Å². The van der Waals surface area contributed by atoms with Gasteiger partial charge in [0.1, 0.15) is 5.75 Å². The van der Waals surface area contributed by atoms with Crippen LogP contribution < -0.4 is 15.0 Å². The van der Waals surface area contributed by atoms with Crippen molar-refractivity contribution in [3.05, 3.63) is 59.7 Å². The first-order valence-electron chi connectivity index (χ1n) is 10.1. The Kier molecular flexibility index (Phi) is 6.75. The number of carbonyl (C=O) groups excluding carboxylic acids is 2. The highest BCUT2D eigenvalue weighted by Crippen LogP contribution is 2.21. The second-order valence-electron chi connectivity index (χ2n) is 7.34. The van der Waals surface area contributed by atoms with Gasteiger partial charge < -0.3 is 19.9 Å². The van der Waals surface area contributed by atoms with Crippen LogP contribution in [0.25, 0.3) is 0 Å². The van der Waals surface area contributed by atoms with Crippen molar-refractivity contribution in [1.29, 1.82) is 0 Å². The molecule has 1 atom stereocenters. The SMILES string of the molecule is CCC(C)NC(=O)c1ccc(C(=O)N2CCN(c3ccc(OC)cc3)CC2)cc1. The number of piperazine rings is 1. The average Bonchev–Trinajstić information content (AvgIpc) is 2.78. The molecular weight excluding hydrogens is 366 g/mol. The van der Waals surface area contributed by atoms with Crippen LogP contribution >= 0.6 is 0 Å². The van der Waals surface area contributed by atoms with Crippen LogP contribution in [0.1, 0.15) is 41.0 Å². The van der Waals surface area contributed by atoms with E-state index >= 15 is 0 Å². The summed E-state index contributed by atoms with van der Waals surface area (Å²) in [5, 5.41) is 2.94. The molecule has 0 aromatic heterocycles. The van der Waals surface area contributed by atoms with Gasteiger partial charge in [0.15, 0.2) is 0 Å². The third-order valence-corrected chi connectivity index (χ3v) is 5.39. The lowest BCUT2D eigenvalue weighted by Gasteiger charge is -2.36. The first-order valence-corrected chi connectivity index (χ1v) is 10.1. The van der Waals surface area contributed by atoms with Crippen LogP contribution in [0.5, 0.6) is 5.75 Å². The van der Waals surface area contributed by atoms with Crippen LogP contribution in [0.4, 0.5) is 5.69 Å². The fraction of sp³-hybridized carbons (Fsp3) is 0.391. The topological polar surface area (TPSA) is 61.9 Å². The maximum absolute atomic E-state index is 12.8. The molecule has 29 heavy (non-hydrogen) atoms. The van der Waals surface area contributed by atoms with Gasteiger partial charge in [-0.1, -0.05) is 6.92 Å². The molecule has 1 aliphatic heterocycles. The third kappa shape index (κ3) is 5.08. The summed E-state index contributed by atoms with van der Waals surface area (Å²) in [7, 11) is 1.66. The lowest BCUT2D eigenvalue weighted by molar-refractivity contribution is 0.0746. The van der Waals surface area contributed by atoms with Crippen LogP contribution in [0.3, 0.4) is 0 Å². The van der Waals surface area contributed by atoms with Gasteiger partial charge in [-0.15, -0.1) is 0 Å². The number of benzene rings is 2. The van der Waals surface area contributed by atoms with Gasteiger partial charge in [-0.05, 0) is 61.9 Å². The first-order chi connectivity index (χ1) is 14.0. The number of nitrogens with zero attached hydrogens (tertiary/aromatic N) is 2. The van der Waals surface area contributed by atoms with E-state index in [1.54, 1.807) is 31.4 Å². The van der Waals surface area contributed by atoms with Crippen molar-refractivity contribution >= 4 is 17.5 Å².